The molecule has 136 valence electrons. The van der Waals surface area contributed by atoms with Crippen molar-refractivity contribution in [3.8, 4) is 0 Å². The summed E-state index contributed by atoms with van der Waals surface area (Å²) < 4.78 is 0. The van der Waals surface area contributed by atoms with E-state index in [9.17, 15) is 4.79 Å². The predicted octanol–water partition coefficient (Wildman–Crippen LogP) is 1.36. The molecular weight excluding hydrogens is 332 g/mol. The van der Waals surface area contributed by atoms with Crippen LogP contribution in [0.15, 0.2) is 30.5 Å². The summed E-state index contributed by atoms with van der Waals surface area (Å²) in [6.45, 7) is 1.52. The fourth-order valence-electron chi connectivity index (χ4n) is 2.54. The van der Waals surface area contributed by atoms with Gasteiger partial charge in [-0.05, 0) is 51.3 Å². The molecule has 2 heterocycles. The van der Waals surface area contributed by atoms with E-state index in [2.05, 4.69) is 35.7 Å². The molecule has 1 aromatic carbocycles. The standard InChI is InChI=1S/C17H22N8O/c1-25(2)9-3-7-19-16(26)15-12-10-11(4-5-13(12)23-24-15)21-14-6-8-20-17(18)22-14/h4-6,8,10H,3,7,9H2,1-2H3,(H,19,26)(H,23,24)(H3,18,20,21,22). The second-order valence-electron chi connectivity index (χ2n) is 6.17. The second-order valence-corrected chi connectivity index (χ2v) is 6.17. The maximum Gasteiger partial charge on any atom is 0.272 e. The van der Waals surface area contributed by atoms with Crippen molar-refractivity contribution in [2.75, 3.05) is 38.2 Å². The minimum absolute atomic E-state index is 0.192. The van der Waals surface area contributed by atoms with Gasteiger partial charge in [-0.25, -0.2) is 4.98 Å². The monoisotopic (exact) mass is 354 g/mol. The van der Waals surface area contributed by atoms with E-state index in [0.29, 0.717) is 18.1 Å². The molecule has 0 unspecified atom stereocenters. The molecular formula is C17H22N8O. The van der Waals surface area contributed by atoms with Crippen LogP contribution in [-0.4, -0.2) is 58.2 Å². The molecule has 0 radical (unpaired) electrons. The Bertz CT molecular complexity index is 905. The molecule has 0 aliphatic heterocycles. The lowest BCUT2D eigenvalue weighted by molar-refractivity contribution is 0.0949. The SMILES string of the molecule is CN(C)CCCNC(=O)c1n[nH]c2ccc(Nc3ccnc(N)n3)cc12. The number of benzene rings is 1. The Kier molecular flexibility index (Phi) is 5.28. The van der Waals surface area contributed by atoms with E-state index in [1.54, 1.807) is 12.3 Å². The zero-order valence-electron chi connectivity index (χ0n) is 14.8. The first-order valence-electron chi connectivity index (χ1n) is 8.29. The number of aromatic nitrogens is 4. The van der Waals surface area contributed by atoms with Gasteiger partial charge in [0, 0.05) is 23.8 Å². The number of hydrogen-bond donors (Lipinski definition) is 4. The van der Waals surface area contributed by atoms with Crippen molar-refractivity contribution >= 4 is 34.3 Å². The number of nitrogens with two attached hydrogens (primary N) is 1. The third-order valence-corrected chi connectivity index (χ3v) is 3.79. The van der Waals surface area contributed by atoms with E-state index in [0.717, 1.165) is 29.6 Å². The van der Waals surface area contributed by atoms with E-state index < -0.39 is 0 Å². The lowest BCUT2D eigenvalue weighted by Crippen LogP contribution is -2.27. The van der Waals surface area contributed by atoms with Gasteiger partial charge < -0.3 is 21.3 Å². The van der Waals surface area contributed by atoms with Gasteiger partial charge in [0.05, 0.1) is 5.52 Å². The van der Waals surface area contributed by atoms with Crippen LogP contribution in [-0.2, 0) is 0 Å². The Hall–Kier alpha value is -3.20. The van der Waals surface area contributed by atoms with Gasteiger partial charge in [0.15, 0.2) is 5.69 Å². The Morgan fingerprint density at radius 3 is 2.92 bits per heavy atom. The lowest BCUT2D eigenvalue weighted by Gasteiger charge is -2.09. The van der Waals surface area contributed by atoms with Crippen LogP contribution in [0.1, 0.15) is 16.9 Å². The largest absolute Gasteiger partial charge is 0.368 e. The highest BCUT2D eigenvalue weighted by molar-refractivity contribution is 6.05. The molecule has 0 saturated carbocycles. The van der Waals surface area contributed by atoms with E-state index in [1.165, 1.54) is 0 Å². The molecule has 0 bridgehead atoms. The Labute approximate surface area is 151 Å². The van der Waals surface area contributed by atoms with Crippen LogP contribution in [0.3, 0.4) is 0 Å². The molecule has 0 saturated heterocycles. The minimum Gasteiger partial charge on any atom is -0.368 e. The van der Waals surface area contributed by atoms with E-state index in [-0.39, 0.29) is 11.9 Å². The number of amides is 1. The molecule has 0 fully saturated rings. The van der Waals surface area contributed by atoms with Gasteiger partial charge in [0.2, 0.25) is 5.95 Å². The van der Waals surface area contributed by atoms with Gasteiger partial charge in [0.25, 0.3) is 5.91 Å². The smallest absolute Gasteiger partial charge is 0.272 e. The maximum atomic E-state index is 12.4. The molecule has 5 N–H and O–H groups in total. The number of carbonyl (C=O) groups is 1. The lowest BCUT2D eigenvalue weighted by atomic mass is 10.1. The number of anilines is 3. The number of nitrogen functional groups attached to an aromatic ring is 1. The second kappa shape index (κ2) is 7.79. The zero-order chi connectivity index (χ0) is 18.5. The topological polar surface area (TPSA) is 125 Å². The van der Waals surface area contributed by atoms with Crippen molar-refractivity contribution in [1.29, 1.82) is 0 Å². The van der Waals surface area contributed by atoms with Gasteiger partial charge in [-0.3, -0.25) is 9.89 Å². The van der Waals surface area contributed by atoms with E-state index in [1.807, 2.05) is 32.3 Å². The van der Waals surface area contributed by atoms with Crippen LogP contribution >= 0.6 is 0 Å². The summed E-state index contributed by atoms with van der Waals surface area (Å²) in [5.41, 5.74) is 7.53. The van der Waals surface area contributed by atoms with Crippen molar-refractivity contribution in [2.24, 2.45) is 0 Å². The van der Waals surface area contributed by atoms with Crippen molar-refractivity contribution < 1.29 is 4.79 Å². The Morgan fingerprint density at radius 2 is 2.15 bits per heavy atom. The van der Waals surface area contributed by atoms with Gasteiger partial charge >= 0.3 is 0 Å². The Balaban J connectivity index is 1.74. The van der Waals surface area contributed by atoms with Crippen molar-refractivity contribution in [3.63, 3.8) is 0 Å². The minimum atomic E-state index is -0.196. The number of fused-ring (bicyclic) bond motifs is 1. The molecule has 9 heteroatoms. The molecule has 3 aromatic rings. The molecule has 0 aliphatic carbocycles. The fraction of sp³-hybridized carbons (Fsp3) is 0.294. The van der Waals surface area contributed by atoms with Crippen molar-refractivity contribution in [2.45, 2.75) is 6.42 Å². The van der Waals surface area contributed by atoms with Gasteiger partial charge in [-0.2, -0.15) is 10.1 Å². The van der Waals surface area contributed by atoms with Crippen LogP contribution in [0.25, 0.3) is 10.9 Å². The summed E-state index contributed by atoms with van der Waals surface area (Å²) in [4.78, 5) is 22.5. The highest BCUT2D eigenvalue weighted by Crippen LogP contribution is 2.23. The van der Waals surface area contributed by atoms with Gasteiger partial charge in [-0.15, -0.1) is 0 Å². The van der Waals surface area contributed by atoms with E-state index >= 15 is 0 Å². The maximum absolute atomic E-state index is 12.4. The predicted molar refractivity (Wildman–Crippen MR) is 101 cm³/mol. The Morgan fingerprint density at radius 1 is 1.31 bits per heavy atom. The van der Waals surface area contributed by atoms with Crippen molar-refractivity contribution in [3.05, 3.63) is 36.2 Å². The highest BCUT2D eigenvalue weighted by atomic mass is 16.1. The number of carbonyl (C=O) groups excluding carboxylic acids is 1. The third kappa shape index (κ3) is 4.25. The average Bonchev–Trinajstić information content (AvgIpc) is 3.02. The van der Waals surface area contributed by atoms with Crippen LogP contribution < -0.4 is 16.4 Å². The summed E-state index contributed by atoms with van der Waals surface area (Å²) in [6.07, 6.45) is 2.46. The first-order chi connectivity index (χ1) is 12.5. The molecule has 3 rings (SSSR count). The molecule has 0 atom stereocenters. The highest BCUT2D eigenvalue weighted by Gasteiger charge is 2.14. The zero-order valence-corrected chi connectivity index (χ0v) is 14.8. The van der Waals surface area contributed by atoms with Gasteiger partial charge in [-0.1, -0.05) is 0 Å². The van der Waals surface area contributed by atoms with Crippen LogP contribution in [0.4, 0.5) is 17.5 Å². The first-order valence-corrected chi connectivity index (χ1v) is 8.29. The molecule has 26 heavy (non-hydrogen) atoms. The average molecular weight is 354 g/mol. The summed E-state index contributed by atoms with van der Waals surface area (Å²) in [6, 6.07) is 7.30. The normalized spacial score (nSPS) is 11.0. The summed E-state index contributed by atoms with van der Waals surface area (Å²) in [5, 5.41) is 13.8. The quantitative estimate of drug-likeness (QED) is 0.472. The number of hydrogen-bond acceptors (Lipinski definition) is 7. The molecule has 0 aliphatic rings. The fourth-order valence-corrected chi connectivity index (χ4v) is 2.54. The number of nitrogens with zero attached hydrogens (tertiary/aromatic N) is 4. The number of rotatable bonds is 7. The summed E-state index contributed by atoms with van der Waals surface area (Å²) in [5.74, 6) is 0.575. The number of H-pyrrole nitrogens is 1. The van der Waals surface area contributed by atoms with Crippen LogP contribution in [0.5, 0.6) is 0 Å². The third-order valence-electron chi connectivity index (χ3n) is 3.79. The molecule has 0 spiro atoms. The summed E-state index contributed by atoms with van der Waals surface area (Å²) in [7, 11) is 4.01. The molecule has 9 nitrogen and oxygen atoms in total. The van der Waals surface area contributed by atoms with Crippen molar-refractivity contribution in [1.82, 2.24) is 30.4 Å². The van der Waals surface area contributed by atoms with Gasteiger partial charge in [0.1, 0.15) is 5.82 Å². The van der Waals surface area contributed by atoms with E-state index in [4.69, 9.17) is 5.73 Å². The first kappa shape index (κ1) is 17.6. The van der Waals surface area contributed by atoms with Crippen LogP contribution in [0.2, 0.25) is 0 Å². The number of nitrogens with one attached hydrogen (secondary N) is 3. The molecule has 1 amide bonds. The van der Waals surface area contributed by atoms with Crippen LogP contribution in [0, 0.1) is 0 Å². The summed E-state index contributed by atoms with van der Waals surface area (Å²) >= 11 is 0. The number of aromatic amines is 1. The molecule has 2 aromatic heterocycles.